The van der Waals surface area contributed by atoms with Gasteiger partial charge in [0.1, 0.15) is 11.8 Å². The summed E-state index contributed by atoms with van der Waals surface area (Å²) in [5.41, 5.74) is 0.799. The van der Waals surface area contributed by atoms with Crippen molar-refractivity contribution in [3.63, 3.8) is 0 Å². The Balaban J connectivity index is 2.07. The van der Waals surface area contributed by atoms with Crippen LogP contribution in [0, 0.1) is 0 Å². The maximum absolute atomic E-state index is 12.1. The van der Waals surface area contributed by atoms with Crippen molar-refractivity contribution in [2.75, 3.05) is 7.11 Å². The molecule has 0 aliphatic rings. The van der Waals surface area contributed by atoms with Crippen LogP contribution in [0.15, 0.2) is 41.8 Å². The van der Waals surface area contributed by atoms with E-state index in [1.807, 2.05) is 0 Å². The Morgan fingerprint density at radius 2 is 1.88 bits per heavy atom. The first-order valence-electron chi connectivity index (χ1n) is 7.19. The Morgan fingerprint density at radius 3 is 2.42 bits per heavy atom. The molecule has 6 nitrogen and oxygen atoms in total. The van der Waals surface area contributed by atoms with Gasteiger partial charge in [-0.05, 0) is 29.1 Å². The number of esters is 2. The molecular weight excluding hydrogens is 330 g/mol. The Kier molecular flexibility index (Phi) is 6.08. The third kappa shape index (κ3) is 4.92. The molecule has 1 N–H and O–H groups in total. The van der Waals surface area contributed by atoms with Gasteiger partial charge in [-0.25, -0.2) is 4.79 Å². The van der Waals surface area contributed by atoms with Crippen molar-refractivity contribution in [1.82, 2.24) is 5.32 Å². The third-order valence-corrected chi connectivity index (χ3v) is 4.03. The summed E-state index contributed by atoms with van der Waals surface area (Å²) in [6.45, 7) is 1.32. The van der Waals surface area contributed by atoms with Gasteiger partial charge in [-0.1, -0.05) is 18.2 Å². The van der Waals surface area contributed by atoms with E-state index in [4.69, 9.17) is 9.47 Å². The first-order valence-corrected chi connectivity index (χ1v) is 8.07. The second-order valence-corrected chi connectivity index (χ2v) is 5.92. The van der Waals surface area contributed by atoms with Crippen molar-refractivity contribution in [1.29, 1.82) is 0 Å². The molecule has 0 radical (unpaired) electrons. The van der Waals surface area contributed by atoms with E-state index in [1.54, 1.807) is 41.8 Å². The summed E-state index contributed by atoms with van der Waals surface area (Å²) in [5.74, 6) is -0.831. The highest BCUT2D eigenvalue weighted by Gasteiger charge is 2.23. The van der Waals surface area contributed by atoms with Crippen molar-refractivity contribution in [2.45, 2.75) is 19.4 Å². The van der Waals surface area contributed by atoms with Crippen LogP contribution in [0.2, 0.25) is 0 Å². The molecule has 0 saturated heterocycles. The van der Waals surface area contributed by atoms with E-state index in [-0.39, 0.29) is 12.3 Å². The fraction of sp³-hybridized carbons (Fsp3) is 0.235. The first-order chi connectivity index (χ1) is 11.5. The quantitative estimate of drug-likeness (QED) is 0.640. The largest absolute Gasteiger partial charge is 0.467 e. The van der Waals surface area contributed by atoms with E-state index in [1.165, 1.54) is 25.4 Å². The number of rotatable bonds is 6. The van der Waals surface area contributed by atoms with E-state index in [0.29, 0.717) is 10.6 Å². The molecular formula is C17H17NO5S. The minimum absolute atomic E-state index is 0.268. The van der Waals surface area contributed by atoms with Crippen LogP contribution in [0.3, 0.4) is 0 Å². The van der Waals surface area contributed by atoms with Crippen LogP contribution in [0.25, 0.3) is 0 Å². The lowest BCUT2D eigenvalue weighted by Crippen LogP contribution is -2.42. The minimum Gasteiger partial charge on any atom is -0.467 e. The summed E-state index contributed by atoms with van der Waals surface area (Å²) in [6, 6.07) is 9.36. The summed E-state index contributed by atoms with van der Waals surface area (Å²) in [6.07, 6.45) is 0.268. The number of hydrogen-bond donors (Lipinski definition) is 1. The van der Waals surface area contributed by atoms with Crippen LogP contribution in [-0.2, 0) is 20.7 Å². The standard InChI is InChI=1S/C17H17NO5S/c1-11(19)23-13-7-5-12(6-8-13)10-14(17(21)22-2)18-16(20)15-4-3-9-24-15/h3-9,14H,10H2,1-2H3,(H,18,20). The number of carbonyl (C=O) groups excluding carboxylic acids is 3. The molecule has 0 spiro atoms. The normalized spacial score (nSPS) is 11.4. The summed E-state index contributed by atoms with van der Waals surface area (Å²) in [5, 5.41) is 4.46. The summed E-state index contributed by atoms with van der Waals surface area (Å²) >= 11 is 1.29. The van der Waals surface area contributed by atoms with Gasteiger partial charge in [-0.2, -0.15) is 0 Å². The highest BCUT2D eigenvalue weighted by atomic mass is 32.1. The molecule has 1 unspecified atom stereocenters. The summed E-state index contributed by atoms with van der Waals surface area (Å²) in [4.78, 5) is 35.5. The number of benzene rings is 1. The molecule has 24 heavy (non-hydrogen) atoms. The zero-order chi connectivity index (χ0) is 17.5. The highest BCUT2D eigenvalue weighted by molar-refractivity contribution is 7.12. The molecule has 0 aliphatic heterocycles. The van der Waals surface area contributed by atoms with Gasteiger partial charge < -0.3 is 14.8 Å². The lowest BCUT2D eigenvalue weighted by atomic mass is 10.1. The molecule has 1 heterocycles. The van der Waals surface area contributed by atoms with Gasteiger partial charge in [0.2, 0.25) is 0 Å². The lowest BCUT2D eigenvalue weighted by molar-refractivity contribution is -0.142. The SMILES string of the molecule is COC(=O)C(Cc1ccc(OC(C)=O)cc1)NC(=O)c1cccs1. The predicted octanol–water partition coefficient (Wildman–Crippen LogP) is 2.19. The maximum atomic E-state index is 12.1. The monoisotopic (exact) mass is 347 g/mol. The molecule has 2 rings (SSSR count). The Hall–Kier alpha value is -2.67. The van der Waals surface area contributed by atoms with Gasteiger partial charge >= 0.3 is 11.9 Å². The van der Waals surface area contributed by atoms with E-state index >= 15 is 0 Å². The first kappa shape index (κ1) is 17.7. The zero-order valence-corrected chi connectivity index (χ0v) is 14.1. The molecule has 0 saturated carbocycles. The van der Waals surface area contributed by atoms with Crippen LogP contribution in [0.1, 0.15) is 22.2 Å². The van der Waals surface area contributed by atoms with Crippen LogP contribution < -0.4 is 10.1 Å². The van der Waals surface area contributed by atoms with Gasteiger partial charge in [-0.15, -0.1) is 11.3 Å². The number of hydrogen-bond acceptors (Lipinski definition) is 6. The number of nitrogens with one attached hydrogen (secondary N) is 1. The molecule has 126 valence electrons. The van der Waals surface area contributed by atoms with Crippen molar-refractivity contribution >= 4 is 29.2 Å². The molecule has 7 heteroatoms. The fourth-order valence-electron chi connectivity index (χ4n) is 2.07. The van der Waals surface area contributed by atoms with Crippen LogP contribution >= 0.6 is 11.3 Å². The Labute approximate surface area is 143 Å². The summed E-state index contributed by atoms with van der Waals surface area (Å²) < 4.78 is 9.72. The molecule has 0 bridgehead atoms. The molecule has 1 atom stereocenters. The Bertz CT molecular complexity index is 709. The second-order valence-electron chi connectivity index (χ2n) is 4.97. The molecule has 1 amide bonds. The van der Waals surface area contributed by atoms with Crippen molar-refractivity contribution in [2.24, 2.45) is 0 Å². The third-order valence-electron chi connectivity index (χ3n) is 3.16. The number of ether oxygens (including phenoxy) is 2. The average molecular weight is 347 g/mol. The topological polar surface area (TPSA) is 81.7 Å². The lowest BCUT2D eigenvalue weighted by Gasteiger charge is -2.16. The second kappa shape index (κ2) is 8.26. The molecule has 1 aromatic heterocycles. The molecule has 0 aliphatic carbocycles. The molecule has 1 aromatic carbocycles. The van der Waals surface area contributed by atoms with Crippen molar-refractivity contribution in [3.05, 3.63) is 52.2 Å². The van der Waals surface area contributed by atoms with E-state index in [9.17, 15) is 14.4 Å². The minimum atomic E-state index is -0.802. The smallest absolute Gasteiger partial charge is 0.328 e. The van der Waals surface area contributed by atoms with Crippen LogP contribution in [-0.4, -0.2) is 31.0 Å². The molecule has 2 aromatic rings. The van der Waals surface area contributed by atoms with Gasteiger partial charge in [0.25, 0.3) is 5.91 Å². The number of thiophene rings is 1. The van der Waals surface area contributed by atoms with Crippen LogP contribution in [0.5, 0.6) is 5.75 Å². The predicted molar refractivity (Wildman–Crippen MR) is 89.0 cm³/mol. The van der Waals surface area contributed by atoms with Gasteiger partial charge in [0, 0.05) is 13.3 Å². The summed E-state index contributed by atoms with van der Waals surface area (Å²) in [7, 11) is 1.27. The average Bonchev–Trinajstić information content (AvgIpc) is 3.09. The number of amides is 1. The number of carbonyl (C=O) groups is 3. The highest BCUT2D eigenvalue weighted by Crippen LogP contribution is 2.15. The van der Waals surface area contributed by atoms with Crippen molar-refractivity contribution in [3.8, 4) is 5.75 Å². The van der Waals surface area contributed by atoms with E-state index in [0.717, 1.165) is 5.56 Å². The van der Waals surface area contributed by atoms with Gasteiger partial charge in [-0.3, -0.25) is 9.59 Å². The van der Waals surface area contributed by atoms with Crippen LogP contribution in [0.4, 0.5) is 0 Å². The maximum Gasteiger partial charge on any atom is 0.328 e. The van der Waals surface area contributed by atoms with E-state index in [2.05, 4.69) is 5.32 Å². The Morgan fingerprint density at radius 1 is 1.17 bits per heavy atom. The molecule has 0 fully saturated rings. The van der Waals surface area contributed by atoms with Gasteiger partial charge in [0.15, 0.2) is 0 Å². The fourth-order valence-corrected chi connectivity index (χ4v) is 2.69. The van der Waals surface area contributed by atoms with Crippen molar-refractivity contribution < 1.29 is 23.9 Å². The van der Waals surface area contributed by atoms with E-state index < -0.39 is 18.0 Å². The zero-order valence-electron chi connectivity index (χ0n) is 13.3. The number of methoxy groups -OCH3 is 1. The van der Waals surface area contributed by atoms with Gasteiger partial charge in [0.05, 0.1) is 12.0 Å².